The third-order valence-electron chi connectivity index (χ3n) is 4.33. The molecule has 0 bridgehead atoms. The van der Waals surface area contributed by atoms with Crippen LogP contribution in [0.25, 0.3) is 0 Å². The summed E-state index contributed by atoms with van der Waals surface area (Å²) in [5, 5.41) is 34.4. The molecule has 3 atom stereocenters. The molecule has 1 amide bonds. The molecular weight excluding hydrogens is 298 g/mol. The van der Waals surface area contributed by atoms with E-state index in [2.05, 4.69) is 10.3 Å². The lowest BCUT2D eigenvalue weighted by atomic mass is 9.87. The summed E-state index contributed by atoms with van der Waals surface area (Å²) in [6, 6.07) is -1.95. The first kappa shape index (κ1) is 14.6. The normalized spacial score (nSPS) is 35.6. The zero-order valence-electron chi connectivity index (χ0n) is 11.5. The molecule has 1 saturated heterocycles. The first-order valence-electron chi connectivity index (χ1n) is 6.57. The summed E-state index contributed by atoms with van der Waals surface area (Å²) in [5.41, 5.74) is 14.9. The molecule has 1 spiro atoms. The largest absolute Gasteiger partial charge is 0.446 e. The van der Waals surface area contributed by atoms with Crippen molar-refractivity contribution in [2.45, 2.75) is 30.0 Å². The van der Waals surface area contributed by atoms with Gasteiger partial charge in [0.1, 0.15) is 6.61 Å². The van der Waals surface area contributed by atoms with Crippen molar-refractivity contribution in [2.75, 3.05) is 13.2 Å². The molecular formula is C10H18N7O5+. The molecule has 122 valence electrons. The number of aliphatic hydroxyl groups is 2. The van der Waals surface area contributed by atoms with Crippen molar-refractivity contribution < 1.29 is 29.5 Å². The van der Waals surface area contributed by atoms with Crippen LogP contribution in [0.2, 0.25) is 0 Å². The van der Waals surface area contributed by atoms with Crippen molar-refractivity contribution in [3.05, 3.63) is 0 Å². The molecule has 3 aliphatic heterocycles. The van der Waals surface area contributed by atoms with Crippen LogP contribution < -0.4 is 22.5 Å². The third-order valence-corrected chi connectivity index (χ3v) is 4.33. The molecule has 0 radical (unpaired) electrons. The van der Waals surface area contributed by atoms with E-state index >= 15 is 0 Å². The number of primary amides is 1. The Hall–Kier alpha value is -2.31. The van der Waals surface area contributed by atoms with Crippen LogP contribution in [0.3, 0.4) is 0 Å². The summed E-state index contributed by atoms with van der Waals surface area (Å²) < 4.78 is 6.08. The quantitative estimate of drug-likeness (QED) is 0.194. The minimum absolute atomic E-state index is 0.0444. The fourth-order valence-corrected chi connectivity index (χ4v) is 3.38. The fraction of sp³-hybridized carbons (Fsp3) is 0.700. The maximum absolute atomic E-state index is 10.8. The summed E-state index contributed by atoms with van der Waals surface area (Å²) in [5.74, 6) is -2.40. The van der Waals surface area contributed by atoms with Gasteiger partial charge in [0.25, 0.3) is 0 Å². The highest BCUT2D eigenvalue weighted by atomic mass is 16.6. The number of nitrogens with zero attached hydrogens (tertiary/aromatic N) is 3. The predicted octanol–water partition coefficient (Wildman–Crippen LogP) is -4.45. The standard InChI is InChI=1S/C10H17N7O5/c11-6-14-5-4(3-22-8(13)18)17(21)7(12)16-2-1-9(19,20)10(5,16)15-6/h4-5,12,19-21H,1-3H2,(H5,11,13,14,15,18)/p+1/t4-,5?,10?/m0/s1. The second-order valence-corrected chi connectivity index (χ2v) is 5.47. The number of hydrogen-bond acceptors (Lipinski definition) is 10. The number of nitrogens with two attached hydrogens (primary N) is 3. The number of nitrogens with one attached hydrogen (secondary N) is 1. The Labute approximate surface area is 124 Å². The second kappa shape index (κ2) is 4.34. The van der Waals surface area contributed by atoms with E-state index in [4.69, 9.17) is 21.9 Å². The molecule has 3 rings (SSSR count). The van der Waals surface area contributed by atoms with Crippen LogP contribution >= 0.6 is 0 Å². The Kier molecular flexibility index (Phi) is 2.89. The Balaban J connectivity index is 2.08. The van der Waals surface area contributed by atoms with Gasteiger partial charge >= 0.3 is 12.1 Å². The van der Waals surface area contributed by atoms with Crippen LogP contribution in [-0.2, 0) is 4.74 Å². The Morgan fingerprint density at radius 1 is 1.55 bits per heavy atom. The molecule has 0 saturated carbocycles. The summed E-state index contributed by atoms with van der Waals surface area (Å²) in [4.78, 5) is 14.9. The van der Waals surface area contributed by atoms with Gasteiger partial charge in [-0.2, -0.15) is 0 Å². The van der Waals surface area contributed by atoms with Gasteiger partial charge in [0.2, 0.25) is 11.4 Å². The number of amides is 1. The van der Waals surface area contributed by atoms with Gasteiger partial charge in [-0.1, -0.05) is 0 Å². The maximum Gasteiger partial charge on any atom is 0.404 e. The average Bonchev–Trinajstić information content (AvgIpc) is 2.89. The zero-order valence-corrected chi connectivity index (χ0v) is 11.5. The summed E-state index contributed by atoms with van der Waals surface area (Å²) >= 11 is 0. The Morgan fingerprint density at radius 3 is 2.86 bits per heavy atom. The van der Waals surface area contributed by atoms with E-state index < -0.39 is 29.6 Å². The van der Waals surface area contributed by atoms with Gasteiger partial charge in [-0.3, -0.25) is 5.73 Å². The highest BCUT2D eigenvalue weighted by Gasteiger charge is 2.72. The topological polar surface area (TPSA) is 196 Å². The summed E-state index contributed by atoms with van der Waals surface area (Å²) in [6.45, 7) is -0.201. The maximum atomic E-state index is 10.8. The highest BCUT2D eigenvalue weighted by Crippen LogP contribution is 2.42. The predicted molar refractivity (Wildman–Crippen MR) is 70.3 cm³/mol. The third kappa shape index (κ3) is 1.65. The van der Waals surface area contributed by atoms with Crippen molar-refractivity contribution in [3.63, 3.8) is 0 Å². The lowest BCUT2D eigenvalue weighted by molar-refractivity contribution is -0.632. The van der Waals surface area contributed by atoms with Crippen LogP contribution in [0.4, 0.5) is 4.79 Å². The molecule has 2 unspecified atom stereocenters. The van der Waals surface area contributed by atoms with E-state index in [9.17, 15) is 20.2 Å². The molecule has 1 fully saturated rings. The molecule has 0 aromatic heterocycles. The lowest BCUT2D eigenvalue weighted by Gasteiger charge is -2.44. The highest BCUT2D eigenvalue weighted by molar-refractivity contribution is 5.83. The number of guanidine groups is 2. The van der Waals surface area contributed by atoms with Crippen molar-refractivity contribution in [1.29, 1.82) is 0 Å². The van der Waals surface area contributed by atoms with Gasteiger partial charge < -0.3 is 31.7 Å². The van der Waals surface area contributed by atoms with E-state index in [-0.39, 0.29) is 31.5 Å². The van der Waals surface area contributed by atoms with E-state index in [0.717, 1.165) is 0 Å². The minimum Gasteiger partial charge on any atom is -0.446 e. The van der Waals surface area contributed by atoms with Crippen molar-refractivity contribution in [3.8, 4) is 0 Å². The van der Waals surface area contributed by atoms with E-state index in [1.807, 2.05) is 0 Å². The second-order valence-electron chi connectivity index (χ2n) is 5.47. The smallest absolute Gasteiger partial charge is 0.404 e. The van der Waals surface area contributed by atoms with Gasteiger partial charge in [0.15, 0.2) is 18.0 Å². The van der Waals surface area contributed by atoms with Gasteiger partial charge in [0.05, 0.1) is 6.54 Å². The lowest BCUT2D eigenvalue weighted by Crippen LogP contribution is -2.77. The van der Waals surface area contributed by atoms with Gasteiger partial charge in [-0.05, 0) is 0 Å². The van der Waals surface area contributed by atoms with E-state index in [0.29, 0.717) is 5.06 Å². The van der Waals surface area contributed by atoms with Crippen molar-refractivity contribution in [2.24, 2.45) is 22.2 Å². The SMILES string of the molecule is NC(=O)OC[C@H]1C2N=C(N)NC23[N+](=C(N)N1O)CCC3(O)O. The summed E-state index contributed by atoms with van der Waals surface area (Å²) in [7, 11) is 0. The van der Waals surface area contributed by atoms with Crippen LogP contribution in [0.1, 0.15) is 6.42 Å². The fourth-order valence-electron chi connectivity index (χ4n) is 3.38. The first-order valence-corrected chi connectivity index (χ1v) is 6.57. The van der Waals surface area contributed by atoms with Gasteiger partial charge in [-0.15, -0.1) is 5.06 Å². The van der Waals surface area contributed by atoms with E-state index in [1.165, 1.54) is 4.58 Å². The molecule has 12 nitrogen and oxygen atoms in total. The van der Waals surface area contributed by atoms with Crippen LogP contribution in [0.5, 0.6) is 0 Å². The number of rotatable bonds is 2. The number of aliphatic imine (C=N–C) groups is 1. The molecule has 0 aliphatic carbocycles. The summed E-state index contributed by atoms with van der Waals surface area (Å²) in [6.07, 6.45) is -1.09. The van der Waals surface area contributed by atoms with Crippen LogP contribution in [0.15, 0.2) is 4.99 Å². The van der Waals surface area contributed by atoms with Gasteiger partial charge in [0, 0.05) is 6.42 Å². The molecule has 22 heavy (non-hydrogen) atoms. The first-order chi connectivity index (χ1) is 10.2. The molecule has 3 heterocycles. The van der Waals surface area contributed by atoms with E-state index in [1.54, 1.807) is 0 Å². The monoisotopic (exact) mass is 316 g/mol. The number of carbonyl (C=O) groups excluding carboxylic acids is 1. The molecule has 0 aromatic rings. The van der Waals surface area contributed by atoms with Gasteiger partial charge in [-0.25, -0.2) is 19.6 Å². The van der Waals surface area contributed by atoms with Crippen molar-refractivity contribution >= 4 is 18.0 Å². The number of carbonyl (C=O) groups is 1. The van der Waals surface area contributed by atoms with Crippen molar-refractivity contribution in [1.82, 2.24) is 10.4 Å². The molecule has 0 aromatic carbocycles. The Bertz CT molecular complexity index is 590. The zero-order chi connectivity index (χ0) is 16.3. The number of ether oxygens (including phenoxy) is 1. The van der Waals surface area contributed by atoms with Crippen LogP contribution in [-0.4, -0.2) is 79.8 Å². The molecule has 12 heteroatoms. The molecule has 10 N–H and O–H groups in total. The van der Waals surface area contributed by atoms with Crippen LogP contribution in [0, 0.1) is 0 Å². The minimum atomic E-state index is -2.21. The molecule has 3 aliphatic rings. The number of hydrogen-bond donors (Lipinski definition) is 7. The number of hydroxylamine groups is 2. The Morgan fingerprint density at radius 2 is 2.23 bits per heavy atom. The average molecular weight is 316 g/mol.